The summed E-state index contributed by atoms with van der Waals surface area (Å²) >= 11 is 0. The molecule has 0 aromatic rings. The molecule has 2 heterocycles. The van der Waals surface area contributed by atoms with Crippen LogP contribution in [0.1, 0.15) is 20.8 Å². The molecular weight excluding hydrogens is 206 g/mol. The Morgan fingerprint density at radius 3 is 2.81 bits per heavy atom. The van der Waals surface area contributed by atoms with E-state index in [0.29, 0.717) is 37.7 Å². The lowest BCUT2D eigenvalue weighted by molar-refractivity contribution is 0.239. The van der Waals surface area contributed by atoms with Gasteiger partial charge in [0.15, 0.2) is 0 Å². The lowest BCUT2D eigenvalue weighted by Crippen LogP contribution is -2.38. The molecule has 90 valence electrons. The van der Waals surface area contributed by atoms with Crippen molar-refractivity contribution in [3.63, 3.8) is 0 Å². The maximum absolute atomic E-state index is 5.48. The van der Waals surface area contributed by atoms with Gasteiger partial charge in [-0.15, -0.1) is 0 Å². The Balaban J connectivity index is 1.86. The maximum atomic E-state index is 5.48. The standard InChI is InChI=1S/C11H19N3O2/c1-11(2,3)8-7-16-10(14-8)13-6-9-12-4-5-15-9/h8H,4-7H2,1-3H3,(H,13,14)/t8-/m1/s1. The van der Waals surface area contributed by atoms with Crippen LogP contribution in [0.15, 0.2) is 9.98 Å². The molecule has 0 aliphatic carbocycles. The van der Waals surface area contributed by atoms with Crippen LogP contribution < -0.4 is 5.32 Å². The molecule has 2 rings (SSSR count). The summed E-state index contributed by atoms with van der Waals surface area (Å²) in [6, 6.07) is 0.927. The van der Waals surface area contributed by atoms with E-state index in [0.717, 1.165) is 6.54 Å². The summed E-state index contributed by atoms with van der Waals surface area (Å²) in [6.07, 6.45) is 0. The highest BCUT2D eigenvalue weighted by atomic mass is 16.5. The third-order valence-electron chi connectivity index (χ3n) is 2.74. The first-order chi connectivity index (χ1) is 7.55. The van der Waals surface area contributed by atoms with Crippen LogP contribution in [0, 0.1) is 5.41 Å². The van der Waals surface area contributed by atoms with E-state index in [1.165, 1.54) is 0 Å². The second-order valence-corrected chi connectivity index (χ2v) is 5.12. The van der Waals surface area contributed by atoms with E-state index in [2.05, 4.69) is 36.1 Å². The van der Waals surface area contributed by atoms with Crippen molar-refractivity contribution < 1.29 is 9.47 Å². The fourth-order valence-corrected chi connectivity index (χ4v) is 1.57. The number of nitrogens with one attached hydrogen (secondary N) is 1. The fourth-order valence-electron chi connectivity index (χ4n) is 1.57. The first-order valence-electron chi connectivity index (χ1n) is 5.65. The van der Waals surface area contributed by atoms with Gasteiger partial charge in [0.1, 0.15) is 19.8 Å². The fraction of sp³-hybridized carbons (Fsp3) is 0.818. The number of rotatable bonds is 2. The van der Waals surface area contributed by atoms with Crippen LogP contribution in [-0.4, -0.2) is 44.3 Å². The lowest BCUT2D eigenvalue weighted by Gasteiger charge is -2.24. The van der Waals surface area contributed by atoms with Gasteiger partial charge in [0.2, 0.25) is 5.90 Å². The van der Waals surface area contributed by atoms with Crippen LogP contribution in [-0.2, 0) is 9.47 Å². The zero-order chi connectivity index (χ0) is 11.6. The van der Waals surface area contributed by atoms with Gasteiger partial charge in [0.05, 0.1) is 12.6 Å². The SMILES string of the molecule is CC(C)(C)[C@H]1COC(=NCC2=NCCO2)N1. The molecule has 1 N–H and O–H groups in total. The largest absolute Gasteiger partial charge is 0.478 e. The highest BCUT2D eigenvalue weighted by Crippen LogP contribution is 2.22. The Morgan fingerprint density at radius 2 is 2.25 bits per heavy atom. The number of hydrogen-bond acceptors (Lipinski definition) is 4. The van der Waals surface area contributed by atoms with Gasteiger partial charge >= 0.3 is 0 Å². The zero-order valence-corrected chi connectivity index (χ0v) is 10.1. The van der Waals surface area contributed by atoms with Crippen molar-refractivity contribution in [2.75, 3.05) is 26.3 Å². The Bertz CT molecular complexity index is 318. The molecule has 2 aliphatic rings. The van der Waals surface area contributed by atoms with Crippen LogP contribution in [0.5, 0.6) is 0 Å². The van der Waals surface area contributed by atoms with Crippen molar-refractivity contribution >= 4 is 11.9 Å². The van der Waals surface area contributed by atoms with Crippen molar-refractivity contribution in [3.8, 4) is 0 Å². The smallest absolute Gasteiger partial charge is 0.285 e. The minimum atomic E-state index is 0.179. The molecule has 0 bridgehead atoms. The first kappa shape index (κ1) is 11.2. The third-order valence-corrected chi connectivity index (χ3v) is 2.74. The number of nitrogens with zero attached hydrogens (tertiary/aromatic N) is 2. The summed E-state index contributed by atoms with van der Waals surface area (Å²) in [7, 11) is 0. The van der Waals surface area contributed by atoms with Gasteiger partial charge in [0.25, 0.3) is 6.02 Å². The first-order valence-corrected chi connectivity index (χ1v) is 5.65. The van der Waals surface area contributed by atoms with Gasteiger partial charge in [-0.2, -0.15) is 0 Å². The minimum Gasteiger partial charge on any atom is -0.478 e. The molecule has 0 unspecified atom stereocenters. The molecule has 0 aromatic carbocycles. The molecule has 16 heavy (non-hydrogen) atoms. The van der Waals surface area contributed by atoms with E-state index in [1.54, 1.807) is 0 Å². The molecule has 0 radical (unpaired) electrons. The summed E-state index contributed by atoms with van der Waals surface area (Å²) in [5.74, 6) is 0.706. The van der Waals surface area contributed by atoms with Gasteiger partial charge < -0.3 is 14.8 Å². The predicted molar refractivity (Wildman–Crippen MR) is 62.9 cm³/mol. The summed E-state index contributed by atoms with van der Waals surface area (Å²) < 4.78 is 10.7. The molecule has 0 spiro atoms. The van der Waals surface area contributed by atoms with Crippen LogP contribution in [0.25, 0.3) is 0 Å². The number of amidine groups is 1. The second-order valence-electron chi connectivity index (χ2n) is 5.12. The van der Waals surface area contributed by atoms with E-state index >= 15 is 0 Å². The van der Waals surface area contributed by atoms with E-state index in [-0.39, 0.29) is 5.41 Å². The number of aliphatic imine (C=N–C) groups is 2. The van der Waals surface area contributed by atoms with Gasteiger partial charge in [0, 0.05) is 0 Å². The number of hydrogen-bond donors (Lipinski definition) is 1. The maximum Gasteiger partial charge on any atom is 0.285 e. The van der Waals surface area contributed by atoms with Crippen molar-refractivity contribution in [2.45, 2.75) is 26.8 Å². The quantitative estimate of drug-likeness (QED) is 0.756. The normalized spacial score (nSPS) is 27.3. The Labute approximate surface area is 95.9 Å². The average Bonchev–Trinajstić information content (AvgIpc) is 2.85. The molecule has 1 atom stereocenters. The molecule has 5 heteroatoms. The van der Waals surface area contributed by atoms with Crippen LogP contribution in [0.3, 0.4) is 0 Å². The van der Waals surface area contributed by atoms with Gasteiger partial charge in [-0.25, -0.2) is 4.99 Å². The number of ether oxygens (including phenoxy) is 2. The molecule has 2 aliphatic heterocycles. The zero-order valence-electron chi connectivity index (χ0n) is 10.1. The van der Waals surface area contributed by atoms with Crippen molar-refractivity contribution in [1.82, 2.24) is 5.32 Å². The monoisotopic (exact) mass is 225 g/mol. The van der Waals surface area contributed by atoms with Gasteiger partial charge in [-0.3, -0.25) is 4.99 Å². The van der Waals surface area contributed by atoms with E-state index in [4.69, 9.17) is 9.47 Å². The average molecular weight is 225 g/mol. The minimum absolute atomic E-state index is 0.179. The summed E-state index contributed by atoms with van der Waals surface area (Å²) in [5.41, 5.74) is 0.179. The molecule has 0 aromatic heterocycles. The van der Waals surface area contributed by atoms with Crippen molar-refractivity contribution in [1.29, 1.82) is 0 Å². The van der Waals surface area contributed by atoms with E-state index in [9.17, 15) is 0 Å². The second kappa shape index (κ2) is 4.31. The predicted octanol–water partition coefficient (Wildman–Crippen LogP) is 0.806. The molecule has 0 saturated carbocycles. The van der Waals surface area contributed by atoms with E-state index in [1.807, 2.05) is 0 Å². The molecule has 5 nitrogen and oxygen atoms in total. The van der Waals surface area contributed by atoms with E-state index < -0.39 is 0 Å². The topological polar surface area (TPSA) is 55.2 Å². The van der Waals surface area contributed by atoms with Crippen LogP contribution in [0.4, 0.5) is 0 Å². The molecule has 1 fully saturated rings. The van der Waals surface area contributed by atoms with Crippen LogP contribution in [0.2, 0.25) is 0 Å². The van der Waals surface area contributed by atoms with Gasteiger partial charge in [-0.1, -0.05) is 20.8 Å². The third kappa shape index (κ3) is 2.65. The highest BCUT2D eigenvalue weighted by molar-refractivity contribution is 5.83. The summed E-state index contributed by atoms with van der Waals surface area (Å²) in [4.78, 5) is 8.46. The van der Waals surface area contributed by atoms with Crippen LogP contribution >= 0.6 is 0 Å². The Morgan fingerprint density at radius 1 is 1.44 bits per heavy atom. The summed E-state index contributed by atoms with van der Waals surface area (Å²) in [6.45, 7) is 9.12. The van der Waals surface area contributed by atoms with Crippen molar-refractivity contribution in [3.05, 3.63) is 0 Å². The van der Waals surface area contributed by atoms with Crippen molar-refractivity contribution in [2.24, 2.45) is 15.4 Å². The molecular formula is C11H19N3O2. The molecule has 1 saturated heterocycles. The summed E-state index contributed by atoms with van der Waals surface area (Å²) in [5, 5.41) is 3.27. The molecule has 0 amide bonds. The Hall–Kier alpha value is -1.26. The lowest BCUT2D eigenvalue weighted by atomic mass is 9.88. The van der Waals surface area contributed by atoms with Gasteiger partial charge in [-0.05, 0) is 5.41 Å². The highest BCUT2D eigenvalue weighted by Gasteiger charge is 2.31. The Kier molecular flexibility index (Phi) is 3.03.